The van der Waals surface area contributed by atoms with Gasteiger partial charge in [0.25, 0.3) is 5.91 Å². The summed E-state index contributed by atoms with van der Waals surface area (Å²) in [6, 6.07) is 0.954. The molecule has 4 rings (SSSR count). The fourth-order valence-electron chi connectivity index (χ4n) is 4.89. The fraction of sp³-hybridized carbons (Fsp3) is 0.667. The fourth-order valence-corrected chi connectivity index (χ4v) is 6.04. The van der Waals surface area contributed by atoms with Crippen molar-refractivity contribution in [2.45, 2.75) is 57.3 Å². The van der Waals surface area contributed by atoms with Crippen molar-refractivity contribution in [2.75, 3.05) is 30.5 Å². The molecule has 0 radical (unpaired) electrons. The molecule has 2 aliphatic heterocycles. The molecule has 1 aromatic rings. The molecule has 7 nitrogen and oxygen atoms in total. The third-order valence-electron chi connectivity index (χ3n) is 6.75. The van der Waals surface area contributed by atoms with Crippen LogP contribution in [0.15, 0.2) is 11.2 Å². The lowest BCUT2D eigenvalue weighted by Gasteiger charge is -2.34. The van der Waals surface area contributed by atoms with E-state index >= 15 is 0 Å². The normalized spacial score (nSPS) is 27.4. The second-order valence-corrected chi connectivity index (χ2v) is 10.00. The highest BCUT2D eigenvalue weighted by Gasteiger charge is 2.55. The van der Waals surface area contributed by atoms with Gasteiger partial charge in [-0.15, -0.1) is 0 Å². The highest BCUT2D eigenvalue weighted by molar-refractivity contribution is 7.20. The average Bonchev–Trinajstić information content (AvgIpc) is 3.31. The van der Waals surface area contributed by atoms with Gasteiger partial charge in [-0.2, -0.15) is 18.3 Å². The number of thiophene rings is 1. The third kappa shape index (κ3) is 4.36. The molecule has 176 valence electrons. The Morgan fingerprint density at radius 1 is 1.34 bits per heavy atom. The number of anilines is 2. The van der Waals surface area contributed by atoms with E-state index in [1.54, 1.807) is 0 Å². The Bertz CT molecular complexity index is 923. The van der Waals surface area contributed by atoms with Gasteiger partial charge in [0.1, 0.15) is 15.8 Å². The maximum absolute atomic E-state index is 13.7. The molecule has 0 spiro atoms. The molecule has 1 aromatic heterocycles. The Morgan fingerprint density at radius 3 is 2.62 bits per heavy atom. The minimum atomic E-state index is -4.69. The van der Waals surface area contributed by atoms with E-state index in [0.29, 0.717) is 22.8 Å². The van der Waals surface area contributed by atoms with Crippen LogP contribution in [-0.4, -0.2) is 60.7 Å². The summed E-state index contributed by atoms with van der Waals surface area (Å²) in [6.07, 6.45) is -1.62. The zero-order chi connectivity index (χ0) is 23.2. The minimum Gasteiger partial charge on any atom is -0.373 e. The first-order chi connectivity index (χ1) is 15.1. The molecule has 3 N–H and O–H groups in total. The molecular weight excluding hydrogens is 443 g/mol. The molecule has 1 aliphatic carbocycles. The number of halogens is 3. The van der Waals surface area contributed by atoms with Crippen molar-refractivity contribution in [3.05, 3.63) is 11.6 Å². The molecular formula is C21H28F3N5O2S. The molecule has 1 amide bonds. The van der Waals surface area contributed by atoms with Crippen LogP contribution in [0.3, 0.4) is 0 Å². The van der Waals surface area contributed by atoms with E-state index in [0.717, 1.165) is 25.9 Å². The molecule has 11 heteroatoms. The van der Waals surface area contributed by atoms with E-state index in [9.17, 15) is 22.8 Å². The van der Waals surface area contributed by atoms with Crippen molar-refractivity contribution in [1.29, 1.82) is 0 Å². The molecule has 3 heterocycles. The highest BCUT2D eigenvalue weighted by Crippen LogP contribution is 2.46. The Kier molecular flexibility index (Phi) is 6.23. The number of rotatable bonds is 5. The number of hydrogen-bond acceptors (Lipinski definition) is 7. The van der Waals surface area contributed by atoms with Crippen LogP contribution < -0.4 is 16.1 Å². The lowest BCUT2D eigenvalue weighted by molar-refractivity contribution is -0.125. The van der Waals surface area contributed by atoms with Crippen LogP contribution in [0.25, 0.3) is 0 Å². The number of primary amides is 1. The monoisotopic (exact) mass is 471 g/mol. The van der Waals surface area contributed by atoms with E-state index in [1.807, 2.05) is 14.0 Å². The summed E-state index contributed by atoms with van der Waals surface area (Å²) >= 11 is 1.17. The Labute approximate surface area is 188 Å². The van der Waals surface area contributed by atoms with Crippen LogP contribution >= 0.6 is 11.3 Å². The number of nitrogens with one attached hydrogen (secondary N) is 1. The molecule has 1 saturated heterocycles. The number of alkyl halides is 3. The van der Waals surface area contributed by atoms with E-state index < -0.39 is 35.5 Å². The molecule has 0 bridgehead atoms. The van der Waals surface area contributed by atoms with Gasteiger partial charge in [-0.1, -0.05) is 24.7 Å². The smallest absolute Gasteiger partial charge is 0.373 e. The summed E-state index contributed by atoms with van der Waals surface area (Å²) in [5, 5.41) is 9.51. The number of hydrazone groups is 1. The third-order valence-corrected chi connectivity index (χ3v) is 7.81. The zero-order valence-corrected chi connectivity index (χ0v) is 18.9. The Hall–Kier alpha value is -2.14. The summed E-state index contributed by atoms with van der Waals surface area (Å²) < 4.78 is 41.2. The van der Waals surface area contributed by atoms with Gasteiger partial charge in [-0.05, 0) is 51.4 Å². The second-order valence-electron chi connectivity index (χ2n) is 8.97. The largest absolute Gasteiger partial charge is 0.432 e. The maximum atomic E-state index is 13.7. The van der Waals surface area contributed by atoms with Gasteiger partial charge in [-0.3, -0.25) is 14.6 Å². The highest BCUT2D eigenvalue weighted by atomic mass is 32.1. The zero-order valence-electron chi connectivity index (χ0n) is 18.1. The van der Waals surface area contributed by atoms with E-state index in [1.165, 1.54) is 22.4 Å². The summed E-state index contributed by atoms with van der Waals surface area (Å²) in [6.45, 7) is 3.76. The number of fused-ring (bicyclic) bond motifs is 1. The number of carbonyl (C=O) groups is 2. The van der Waals surface area contributed by atoms with Crippen LogP contribution in [-0.2, 0) is 4.79 Å². The number of hydrogen-bond donors (Lipinski definition) is 2. The van der Waals surface area contributed by atoms with E-state index in [4.69, 9.17) is 5.73 Å². The van der Waals surface area contributed by atoms with Crippen LogP contribution in [0.1, 0.15) is 49.4 Å². The van der Waals surface area contributed by atoms with Crippen LogP contribution in [0.4, 0.5) is 23.2 Å². The van der Waals surface area contributed by atoms with Crippen molar-refractivity contribution in [1.82, 2.24) is 4.90 Å². The number of ketones is 1. The molecule has 3 atom stereocenters. The number of nitrogens with zero attached hydrogens (tertiary/aromatic N) is 3. The number of amides is 1. The van der Waals surface area contributed by atoms with Gasteiger partial charge in [0, 0.05) is 12.5 Å². The molecule has 1 saturated carbocycles. The quantitative estimate of drug-likeness (QED) is 0.686. The summed E-state index contributed by atoms with van der Waals surface area (Å²) in [5.74, 6) is -2.34. The Morgan fingerprint density at radius 2 is 2.03 bits per heavy atom. The Balaban J connectivity index is 1.67. The topological polar surface area (TPSA) is 91.0 Å². The van der Waals surface area contributed by atoms with Gasteiger partial charge >= 0.3 is 6.18 Å². The maximum Gasteiger partial charge on any atom is 0.432 e. The lowest BCUT2D eigenvalue weighted by Crippen LogP contribution is -2.46. The SMILES string of the molecule is CCC1CC(=O)C2C(C(F)(F)F)=NN(c3cc(C(N)=O)c(NC4CCN(C)CC4)s3)C2C1. The second kappa shape index (κ2) is 8.66. The van der Waals surface area contributed by atoms with Crippen LogP contribution in [0.2, 0.25) is 0 Å². The predicted molar refractivity (Wildman–Crippen MR) is 118 cm³/mol. The van der Waals surface area contributed by atoms with Crippen LogP contribution in [0, 0.1) is 11.8 Å². The van der Waals surface area contributed by atoms with Gasteiger partial charge in [0.15, 0.2) is 5.71 Å². The molecule has 32 heavy (non-hydrogen) atoms. The number of piperidine rings is 1. The van der Waals surface area contributed by atoms with Gasteiger partial charge < -0.3 is 16.0 Å². The standard InChI is InChI=1S/C21H28F3N5O2S/c1-3-11-8-14-17(15(30)9-11)18(21(22,23)24)27-29(14)16-10-13(19(25)31)20(32-16)26-12-4-6-28(2)7-5-12/h10-12,14,17,26H,3-9H2,1-2H3,(H2,25,31). The molecule has 3 unspecified atom stereocenters. The number of likely N-dealkylation sites (tertiary alicyclic amines) is 1. The summed E-state index contributed by atoms with van der Waals surface area (Å²) in [7, 11) is 2.05. The van der Waals surface area contributed by atoms with Crippen molar-refractivity contribution in [3.63, 3.8) is 0 Å². The van der Waals surface area contributed by atoms with E-state index in [2.05, 4.69) is 15.3 Å². The van der Waals surface area contributed by atoms with Gasteiger partial charge in [-0.25, -0.2) is 0 Å². The van der Waals surface area contributed by atoms with Crippen molar-refractivity contribution < 1.29 is 22.8 Å². The molecule has 2 fully saturated rings. The van der Waals surface area contributed by atoms with Gasteiger partial charge in [0.2, 0.25) is 0 Å². The van der Waals surface area contributed by atoms with Crippen molar-refractivity contribution in [2.24, 2.45) is 22.7 Å². The number of Topliss-reactive ketones (excluding diaryl/α,β-unsaturated/α-hetero) is 1. The van der Waals surface area contributed by atoms with Crippen LogP contribution in [0.5, 0.6) is 0 Å². The first-order valence-electron chi connectivity index (χ1n) is 10.9. The van der Waals surface area contributed by atoms with Crippen molar-refractivity contribution >= 4 is 38.7 Å². The summed E-state index contributed by atoms with van der Waals surface area (Å²) in [4.78, 5) is 27.0. The lowest BCUT2D eigenvalue weighted by atomic mass is 9.74. The summed E-state index contributed by atoms with van der Waals surface area (Å²) in [5.41, 5.74) is 4.78. The van der Waals surface area contributed by atoms with E-state index in [-0.39, 0.29) is 23.9 Å². The van der Waals surface area contributed by atoms with Gasteiger partial charge in [0.05, 0.1) is 17.5 Å². The van der Waals surface area contributed by atoms with Crippen molar-refractivity contribution in [3.8, 4) is 0 Å². The predicted octanol–water partition coefficient (Wildman–Crippen LogP) is 3.47. The minimum absolute atomic E-state index is 0.0152. The average molecular weight is 472 g/mol. The first kappa shape index (κ1) is 23.0. The number of nitrogens with two attached hydrogens (primary N) is 1. The first-order valence-corrected chi connectivity index (χ1v) is 11.8. The number of carbonyl (C=O) groups excluding carboxylic acids is 2. The molecule has 3 aliphatic rings. The molecule has 0 aromatic carbocycles.